The monoisotopic (exact) mass is 262 g/mol. The molecule has 0 saturated carbocycles. The average Bonchev–Trinajstić information content (AvgIpc) is 2.83. The van der Waals surface area contributed by atoms with Crippen molar-refractivity contribution in [3.8, 4) is 5.69 Å². The SMILES string of the molecule is CCOCCSc1nccn1-c1cccc(C)c1. The van der Waals surface area contributed by atoms with E-state index < -0.39 is 0 Å². The number of ether oxygens (including phenoxy) is 1. The lowest BCUT2D eigenvalue weighted by Crippen LogP contribution is -1.99. The van der Waals surface area contributed by atoms with E-state index in [1.165, 1.54) is 5.56 Å². The molecule has 0 radical (unpaired) electrons. The second-order valence-electron chi connectivity index (χ2n) is 3.96. The van der Waals surface area contributed by atoms with Crippen LogP contribution < -0.4 is 0 Å². The highest BCUT2D eigenvalue weighted by molar-refractivity contribution is 7.99. The summed E-state index contributed by atoms with van der Waals surface area (Å²) >= 11 is 1.72. The summed E-state index contributed by atoms with van der Waals surface area (Å²) in [6, 6.07) is 8.43. The quantitative estimate of drug-likeness (QED) is 0.590. The van der Waals surface area contributed by atoms with Crippen molar-refractivity contribution in [3.05, 3.63) is 42.2 Å². The van der Waals surface area contributed by atoms with Gasteiger partial charge in [0.25, 0.3) is 0 Å². The van der Waals surface area contributed by atoms with Gasteiger partial charge in [-0.3, -0.25) is 4.57 Å². The molecule has 0 saturated heterocycles. The topological polar surface area (TPSA) is 27.1 Å². The van der Waals surface area contributed by atoms with Crippen LogP contribution in [0.3, 0.4) is 0 Å². The maximum Gasteiger partial charge on any atom is 0.172 e. The number of aryl methyl sites for hydroxylation is 1. The molecule has 0 fully saturated rings. The highest BCUT2D eigenvalue weighted by Gasteiger charge is 2.05. The number of imidazole rings is 1. The molecule has 3 nitrogen and oxygen atoms in total. The normalized spacial score (nSPS) is 10.8. The lowest BCUT2D eigenvalue weighted by atomic mass is 10.2. The van der Waals surface area contributed by atoms with Crippen LogP contribution in [-0.2, 0) is 4.74 Å². The average molecular weight is 262 g/mol. The van der Waals surface area contributed by atoms with Crippen molar-refractivity contribution >= 4 is 11.8 Å². The van der Waals surface area contributed by atoms with E-state index in [2.05, 4.69) is 40.7 Å². The highest BCUT2D eigenvalue weighted by atomic mass is 32.2. The van der Waals surface area contributed by atoms with Crippen molar-refractivity contribution in [3.63, 3.8) is 0 Å². The highest BCUT2D eigenvalue weighted by Crippen LogP contribution is 2.20. The molecule has 1 aromatic heterocycles. The van der Waals surface area contributed by atoms with Crippen LogP contribution in [0.4, 0.5) is 0 Å². The molecule has 0 aliphatic heterocycles. The largest absolute Gasteiger partial charge is 0.381 e. The molecule has 18 heavy (non-hydrogen) atoms. The summed E-state index contributed by atoms with van der Waals surface area (Å²) in [4.78, 5) is 4.39. The third-order valence-corrected chi connectivity index (χ3v) is 3.48. The van der Waals surface area contributed by atoms with Crippen LogP contribution in [0.25, 0.3) is 5.69 Å². The van der Waals surface area contributed by atoms with Crippen LogP contribution >= 0.6 is 11.8 Å². The minimum Gasteiger partial charge on any atom is -0.381 e. The predicted octanol–water partition coefficient (Wildman–Crippen LogP) is 3.31. The third-order valence-electron chi connectivity index (χ3n) is 2.55. The zero-order valence-corrected chi connectivity index (χ0v) is 11.6. The van der Waals surface area contributed by atoms with E-state index in [1.54, 1.807) is 11.8 Å². The van der Waals surface area contributed by atoms with E-state index in [9.17, 15) is 0 Å². The maximum atomic E-state index is 5.34. The van der Waals surface area contributed by atoms with Gasteiger partial charge in [-0.05, 0) is 31.5 Å². The fourth-order valence-electron chi connectivity index (χ4n) is 1.71. The van der Waals surface area contributed by atoms with Gasteiger partial charge in [0.1, 0.15) is 0 Å². The number of hydrogen-bond acceptors (Lipinski definition) is 3. The Labute approximate surface area is 112 Å². The summed E-state index contributed by atoms with van der Waals surface area (Å²) in [5.74, 6) is 0.927. The van der Waals surface area contributed by atoms with E-state index >= 15 is 0 Å². The number of aromatic nitrogens is 2. The van der Waals surface area contributed by atoms with Crippen molar-refractivity contribution in [2.24, 2.45) is 0 Å². The minimum atomic E-state index is 0.766. The standard InChI is InChI=1S/C14H18N2OS/c1-3-17-9-10-18-14-15-7-8-16(14)13-6-4-5-12(2)11-13/h4-8,11H,3,9-10H2,1-2H3. The molecule has 0 spiro atoms. The summed E-state index contributed by atoms with van der Waals surface area (Å²) in [6.45, 7) is 5.65. The second-order valence-corrected chi connectivity index (χ2v) is 5.03. The van der Waals surface area contributed by atoms with E-state index in [-0.39, 0.29) is 0 Å². The van der Waals surface area contributed by atoms with Gasteiger partial charge < -0.3 is 4.74 Å². The third kappa shape index (κ3) is 3.37. The molecule has 1 heterocycles. The van der Waals surface area contributed by atoms with Crippen LogP contribution in [0.1, 0.15) is 12.5 Å². The number of nitrogens with zero attached hydrogens (tertiary/aromatic N) is 2. The summed E-state index contributed by atoms with van der Waals surface area (Å²) in [6.07, 6.45) is 3.84. The maximum absolute atomic E-state index is 5.34. The Kier molecular flexibility index (Phi) is 4.84. The molecular weight excluding hydrogens is 244 g/mol. The Morgan fingerprint density at radius 2 is 2.28 bits per heavy atom. The number of benzene rings is 1. The predicted molar refractivity (Wildman–Crippen MR) is 75.5 cm³/mol. The van der Waals surface area contributed by atoms with Crippen molar-refractivity contribution < 1.29 is 4.74 Å². The fourth-order valence-corrected chi connectivity index (χ4v) is 2.53. The van der Waals surface area contributed by atoms with Crippen molar-refractivity contribution in [1.29, 1.82) is 0 Å². The van der Waals surface area contributed by atoms with Gasteiger partial charge in [-0.25, -0.2) is 4.98 Å². The molecule has 0 amide bonds. The van der Waals surface area contributed by atoms with Gasteiger partial charge in [0.15, 0.2) is 5.16 Å². The zero-order chi connectivity index (χ0) is 12.8. The van der Waals surface area contributed by atoms with Gasteiger partial charge in [-0.15, -0.1) is 0 Å². The minimum absolute atomic E-state index is 0.766. The Balaban J connectivity index is 2.08. The number of thioether (sulfide) groups is 1. The summed E-state index contributed by atoms with van der Waals surface area (Å²) < 4.78 is 7.45. The Morgan fingerprint density at radius 1 is 1.39 bits per heavy atom. The van der Waals surface area contributed by atoms with E-state index in [1.807, 2.05) is 19.3 Å². The molecule has 2 aromatic rings. The van der Waals surface area contributed by atoms with Gasteiger partial charge in [0, 0.05) is 30.4 Å². The second kappa shape index (κ2) is 6.61. The number of hydrogen-bond donors (Lipinski definition) is 0. The molecule has 0 N–H and O–H groups in total. The van der Waals surface area contributed by atoms with Crippen LogP contribution in [-0.4, -0.2) is 28.5 Å². The number of rotatable bonds is 6. The molecule has 96 valence electrons. The van der Waals surface area contributed by atoms with E-state index in [0.29, 0.717) is 0 Å². The fraction of sp³-hybridized carbons (Fsp3) is 0.357. The Bertz CT molecular complexity index is 496. The van der Waals surface area contributed by atoms with Crippen molar-refractivity contribution in [2.75, 3.05) is 19.0 Å². The zero-order valence-electron chi connectivity index (χ0n) is 10.8. The van der Waals surface area contributed by atoms with E-state index in [4.69, 9.17) is 4.74 Å². The van der Waals surface area contributed by atoms with Gasteiger partial charge in [-0.1, -0.05) is 23.9 Å². The molecule has 1 aromatic carbocycles. The first-order chi connectivity index (χ1) is 8.81. The molecule has 2 rings (SSSR count). The van der Waals surface area contributed by atoms with Crippen LogP contribution in [0.15, 0.2) is 41.8 Å². The molecule has 4 heteroatoms. The summed E-state index contributed by atoms with van der Waals surface area (Å²) in [7, 11) is 0. The van der Waals surface area contributed by atoms with Gasteiger partial charge in [-0.2, -0.15) is 0 Å². The molecule has 0 aliphatic carbocycles. The molecule has 0 unspecified atom stereocenters. The van der Waals surface area contributed by atoms with Crippen LogP contribution in [0, 0.1) is 6.92 Å². The first kappa shape index (κ1) is 13.2. The Morgan fingerprint density at radius 3 is 3.06 bits per heavy atom. The van der Waals surface area contributed by atoms with Gasteiger partial charge in [0.05, 0.1) is 6.61 Å². The van der Waals surface area contributed by atoms with Crippen LogP contribution in [0.5, 0.6) is 0 Å². The summed E-state index contributed by atoms with van der Waals surface area (Å²) in [5.41, 5.74) is 2.41. The first-order valence-electron chi connectivity index (χ1n) is 6.12. The lowest BCUT2D eigenvalue weighted by molar-refractivity contribution is 0.164. The van der Waals surface area contributed by atoms with Gasteiger partial charge in [0.2, 0.25) is 0 Å². The molecular formula is C14H18N2OS. The lowest BCUT2D eigenvalue weighted by Gasteiger charge is -2.08. The van der Waals surface area contributed by atoms with Gasteiger partial charge >= 0.3 is 0 Å². The smallest absolute Gasteiger partial charge is 0.172 e. The summed E-state index contributed by atoms with van der Waals surface area (Å²) in [5, 5.41) is 1.01. The van der Waals surface area contributed by atoms with E-state index in [0.717, 1.165) is 29.8 Å². The first-order valence-corrected chi connectivity index (χ1v) is 7.10. The Hall–Kier alpha value is -1.26. The molecule has 0 aliphatic rings. The van der Waals surface area contributed by atoms with Crippen LogP contribution in [0.2, 0.25) is 0 Å². The van der Waals surface area contributed by atoms with Crippen molar-refractivity contribution in [2.45, 2.75) is 19.0 Å². The molecule has 0 atom stereocenters. The molecule has 0 bridgehead atoms. The van der Waals surface area contributed by atoms with Crippen molar-refractivity contribution in [1.82, 2.24) is 9.55 Å².